The van der Waals surface area contributed by atoms with Gasteiger partial charge in [0.2, 0.25) is 0 Å². The molecule has 9 aromatic carbocycles. The van der Waals surface area contributed by atoms with Crippen molar-refractivity contribution in [1.29, 1.82) is 0 Å². The molecular formula is C52H34N2S. The van der Waals surface area contributed by atoms with E-state index in [0.29, 0.717) is 0 Å². The van der Waals surface area contributed by atoms with E-state index in [9.17, 15) is 0 Å². The van der Waals surface area contributed by atoms with E-state index < -0.39 is 0 Å². The van der Waals surface area contributed by atoms with E-state index in [1.165, 1.54) is 80.7 Å². The van der Waals surface area contributed by atoms with Crippen LogP contribution in [0.25, 0.3) is 80.7 Å². The topological polar surface area (TPSA) is 8.17 Å². The Hall–Kier alpha value is -6.94. The summed E-state index contributed by atoms with van der Waals surface area (Å²) < 4.78 is 5.02. The van der Waals surface area contributed by atoms with Gasteiger partial charge in [0.15, 0.2) is 0 Å². The zero-order valence-corrected chi connectivity index (χ0v) is 30.7. The van der Waals surface area contributed by atoms with Crippen LogP contribution >= 0.6 is 11.3 Å². The molecule has 0 saturated carbocycles. The molecule has 0 radical (unpaired) electrons. The molecule has 0 N–H and O–H groups in total. The Balaban J connectivity index is 1.05. The predicted molar refractivity (Wildman–Crippen MR) is 237 cm³/mol. The van der Waals surface area contributed by atoms with Crippen molar-refractivity contribution >= 4 is 81.1 Å². The summed E-state index contributed by atoms with van der Waals surface area (Å²) in [6.45, 7) is 0. The summed E-state index contributed by atoms with van der Waals surface area (Å²) in [6.07, 6.45) is 0. The van der Waals surface area contributed by atoms with E-state index in [2.05, 4.69) is 216 Å². The number of benzene rings is 9. The second-order valence-corrected chi connectivity index (χ2v) is 15.2. The molecule has 258 valence electrons. The fraction of sp³-hybridized carbons (Fsp3) is 0. The zero-order valence-electron chi connectivity index (χ0n) is 29.9. The van der Waals surface area contributed by atoms with E-state index in [0.717, 1.165) is 17.1 Å². The molecule has 0 unspecified atom stereocenters. The standard InChI is InChI=1S/C52H34N2S/c1-3-11-35(12-4-1)37-19-24-40(25-20-37)53(41-26-21-38(22-27-41)36-13-5-2-6-14-36)42-29-32-50-48(33-42)46-31-28-43(34-51(46)55-50)54-49-18-10-9-17-45(49)47-30-23-39-15-7-8-16-44(39)52(47)54/h1-34H. The van der Waals surface area contributed by atoms with Crippen molar-refractivity contribution in [2.45, 2.75) is 0 Å². The summed E-state index contributed by atoms with van der Waals surface area (Å²) in [6, 6.07) is 75.1. The molecule has 3 heteroatoms. The van der Waals surface area contributed by atoms with Crippen molar-refractivity contribution in [3.05, 3.63) is 206 Å². The molecule has 0 bridgehead atoms. The van der Waals surface area contributed by atoms with Crippen LogP contribution in [0, 0.1) is 0 Å². The van der Waals surface area contributed by atoms with Crippen LogP contribution in [-0.2, 0) is 0 Å². The Morgan fingerprint density at radius 3 is 1.60 bits per heavy atom. The van der Waals surface area contributed by atoms with Crippen LogP contribution in [0.2, 0.25) is 0 Å². The summed E-state index contributed by atoms with van der Waals surface area (Å²) >= 11 is 1.87. The van der Waals surface area contributed by atoms with Crippen molar-refractivity contribution in [1.82, 2.24) is 4.57 Å². The van der Waals surface area contributed by atoms with Crippen molar-refractivity contribution < 1.29 is 0 Å². The molecule has 55 heavy (non-hydrogen) atoms. The Bertz CT molecular complexity index is 3090. The molecular weight excluding hydrogens is 685 g/mol. The van der Waals surface area contributed by atoms with Gasteiger partial charge >= 0.3 is 0 Å². The van der Waals surface area contributed by atoms with E-state index in [4.69, 9.17) is 0 Å². The molecule has 0 atom stereocenters. The zero-order chi connectivity index (χ0) is 36.3. The first kappa shape index (κ1) is 31.6. The van der Waals surface area contributed by atoms with Gasteiger partial charge in [0, 0.05) is 59.1 Å². The molecule has 0 spiro atoms. The maximum absolute atomic E-state index is 2.46. The van der Waals surface area contributed by atoms with Crippen LogP contribution in [-0.4, -0.2) is 4.57 Å². The molecule has 2 heterocycles. The normalized spacial score (nSPS) is 11.6. The van der Waals surface area contributed by atoms with Gasteiger partial charge in [-0.25, -0.2) is 0 Å². The fourth-order valence-electron chi connectivity index (χ4n) is 8.34. The maximum atomic E-state index is 2.46. The molecule has 11 aromatic rings. The molecule has 0 aliphatic carbocycles. The van der Waals surface area contributed by atoms with Gasteiger partial charge in [-0.2, -0.15) is 0 Å². The van der Waals surface area contributed by atoms with E-state index in [1.54, 1.807) is 0 Å². The van der Waals surface area contributed by atoms with Gasteiger partial charge in [0.05, 0.1) is 11.0 Å². The van der Waals surface area contributed by atoms with Crippen LogP contribution in [0.3, 0.4) is 0 Å². The van der Waals surface area contributed by atoms with E-state index in [1.807, 2.05) is 11.3 Å². The van der Waals surface area contributed by atoms with Crippen molar-refractivity contribution in [3.63, 3.8) is 0 Å². The third-order valence-electron chi connectivity index (χ3n) is 11.0. The monoisotopic (exact) mass is 718 g/mol. The van der Waals surface area contributed by atoms with Crippen LogP contribution in [0.1, 0.15) is 0 Å². The molecule has 2 aromatic heterocycles. The SMILES string of the molecule is c1ccc(-c2ccc(N(c3ccc(-c4ccccc4)cc3)c3ccc4sc5cc(-n6c7ccccc7c7ccc8ccccc8c76)ccc5c4c3)cc2)cc1. The molecule has 0 amide bonds. The smallest absolute Gasteiger partial charge is 0.0619 e. The number of fused-ring (bicyclic) bond motifs is 8. The summed E-state index contributed by atoms with van der Waals surface area (Å²) in [5.74, 6) is 0. The largest absolute Gasteiger partial charge is 0.310 e. The highest BCUT2D eigenvalue weighted by atomic mass is 32.1. The Morgan fingerprint density at radius 1 is 0.345 bits per heavy atom. The first-order chi connectivity index (χ1) is 27.3. The fourth-order valence-corrected chi connectivity index (χ4v) is 9.46. The number of rotatable bonds is 6. The Morgan fingerprint density at radius 2 is 0.909 bits per heavy atom. The summed E-state index contributed by atoms with van der Waals surface area (Å²) in [5.41, 5.74) is 11.9. The Kier molecular flexibility index (Phi) is 7.39. The van der Waals surface area contributed by atoms with Crippen LogP contribution in [0.15, 0.2) is 206 Å². The number of hydrogen-bond donors (Lipinski definition) is 0. The molecule has 0 saturated heterocycles. The number of hydrogen-bond acceptors (Lipinski definition) is 2. The molecule has 11 rings (SSSR count). The van der Waals surface area contributed by atoms with Gasteiger partial charge < -0.3 is 9.47 Å². The molecule has 0 aliphatic heterocycles. The lowest BCUT2D eigenvalue weighted by molar-refractivity contribution is 1.19. The van der Waals surface area contributed by atoms with Crippen LogP contribution in [0.5, 0.6) is 0 Å². The lowest BCUT2D eigenvalue weighted by Crippen LogP contribution is -2.09. The van der Waals surface area contributed by atoms with Crippen LogP contribution in [0.4, 0.5) is 17.1 Å². The predicted octanol–water partition coefficient (Wildman–Crippen LogP) is 15.1. The minimum atomic E-state index is 1.12. The minimum Gasteiger partial charge on any atom is -0.310 e. The highest BCUT2D eigenvalue weighted by Crippen LogP contribution is 2.43. The summed E-state index contributed by atoms with van der Waals surface area (Å²) in [4.78, 5) is 2.38. The lowest BCUT2D eigenvalue weighted by Gasteiger charge is -2.26. The first-order valence-electron chi connectivity index (χ1n) is 18.8. The highest BCUT2D eigenvalue weighted by Gasteiger charge is 2.18. The molecule has 0 aliphatic rings. The average Bonchev–Trinajstić information content (AvgIpc) is 3.80. The summed E-state index contributed by atoms with van der Waals surface area (Å²) in [7, 11) is 0. The van der Waals surface area contributed by atoms with Gasteiger partial charge in [-0.05, 0) is 88.3 Å². The van der Waals surface area contributed by atoms with Crippen LogP contribution < -0.4 is 4.90 Å². The second-order valence-electron chi connectivity index (χ2n) is 14.2. The van der Waals surface area contributed by atoms with Gasteiger partial charge in [-0.15, -0.1) is 11.3 Å². The van der Waals surface area contributed by atoms with Crippen molar-refractivity contribution in [2.24, 2.45) is 0 Å². The van der Waals surface area contributed by atoms with Gasteiger partial charge in [0.25, 0.3) is 0 Å². The summed E-state index contributed by atoms with van der Waals surface area (Å²) in [5, 5.41) is 7.62. The van der Waals surface area contributed by atoms with Gasteiger partial charge in [-0.1, -0.05) is 146 Å². The van der Waals surface area contributed by atoms with Gasteiger partial charge in [0.1, 0.15) is 0 Å². The quantitative estimate of drug-likeness (QED) is 0.166. The molecule has 0 fully saturated rings. The van der Waals surface area contributed by atoms with E-state index in [-0.39, 0.29) is 0 Å². The van der Waals surface area contributed by atoms with Crippen molar-refractivity contribution in [3.8, 4) is 27.9 Å². The number of anilines is 3. The lowest BCUT2D eigenvalue weighted by atomic mass is 10.0. The number of aromatic nitrogens is 1. The third kappa shape index (κ3) is 5.32. The number of nitrogens with zero attached hydrogens (tertiary/aromatic N) is 2. The molecule has 2 nitrogen and oxygen atoms in total. The van der Waals surface area contributed by atoms with E-state index >= 15 is 0 Å². The third-order valence-corrected chi connectivity index (χ3v) is 12.1. The highest BCUT2D eigenvalue weighted by molar-refractivity contribution is 7.25. The maximum Gasteiger partial charge on any atom is 0.0619 e. The van der Waals surface area contributed by atoms with Gasteiger partial charge in [-0.3, -0.25) is 0 Å². The number of para-hydroxylation sites is 1. The number of thiophene rings is 1. The second kappa shape index (κ2) is 12.9. The first-order valence-corrected chi connectivity index (χ1v) is 19.6. The van der Waals surface area contributed by atoms with Crippen molar-refractivity contribution in [2.75, 3.05) is 4.90 Å². The Labute approximate surface area is 323 Å². The average molecular weight is 719 g/mol. The minimum absolute atomic E-state index is 1.12.